The second-order valence-corrected chi connectivity index (χ2v) is 4.77. The Bertz CT molecular complexity index is 824. The van der Waals surface area contributed by atoms with Crippen LogP contribution in [0.25, 0.3) is 6.08 Å². The monoisotopic (exact) mass is 327 g/mol. The van der Waals surface area contributed by atoms with Crippen molar-refractivity contribution in [1.82, 2.24) is 0 Å². The van der Waals surface area contributed by atoms with E-state index >= 15 is 0 Å². The lowest BCUT2D eigenvalue weighted by Crippen LogP contribution is -2.00. The standard InChI is InChI=1S/C18H14FNO4/c1-23-17-9-12(8-14(10-20)18(21)22)6-7-16(17)24-11-13-4-2-3-5-15(13)19/h2-9H,11H2,1H3,(H,21,22). The van der Waals surface area contributed by atoms with Crippen LogP contribution < -0.4 is 9.47 Å². The quantitative estimate of drug-likeness (QED) is 0.650. The number of ether oxygens (including phenoxy) is 2. The molecule has 0 heterocycles. The number of methoxy groups -OCH3 is 1. The second-order valence-electron chi connectivity index (χ2n) is 4.77. The van der Waals surface area contributed by atoms with Gasteiger partial charge in [-0.1, -0.05) is 24.3 Å². The number of benzene rings is 2. The lowest BCUT2D eigenvalue weighted by atomic mass is 10.1. The van der Waals surface area contributed by atoms with Crippen LogP contribution in [-0.2, 0) is 11.4 Å². The summed E-state index contributed by atoms with van der Waals surface area (Å²) in [6.45, 7) is 0.0246. The van der Waals surface area contributed by atoms with Gasteiger partial charge in [0.1, 0.15) is 24.1 Å². The van der Waals surface area contributed by atoms with Crippen molar-refractivity contribution in [2.45, 2.75) is 6.61 Å². The molecule has 24 heavy (non-hydrogen) atoms. The van der Waals surface area contributed by atoms with Crippen molar-refractivity contribution in [1.29, 1.82) is 5.26 Å². The van der Waals surface area contributed by atoms with Gasteiger partial charge in [-0.05, 0) is 29.8 Å². The third-order valence-electron chi connectivity index (χ3n) is 3.19. The Hall–Kier alpha value is -3.33. The van der Waals surface area contributed by atoms with Gasteiger partial charge in [0.2, 0.25) is 0 Å². The Kier molecular flexibility index (Phi) is 5.53. The number of aliphatic carboxylic acids is 1. The van der Waals surface area contributed by atoms with Crippen LogP contribution >= 0.6 is 0 Å². The molecule has 1 N–H and O–H groups in total. The van der Waals surface area contributed by atoms with Crippen molar-refractivity contribution < 1.29 is 23.8 Å². The van der Waals surface area contributed by atoms with Crippen LogP contribution in [0.5, 0.6) is 11.5 Å². The summed E-state index contributed by atoms with van der Waals surface area (Å²) in [7, 11) is 1.43. The minimum absolute atomic E-state index is 0.0246. The van der Waals surface area contributed by atoms with Gasteiger partial charge in [0.15, 0.2) is 11.5 Å². The molecule has 0 atom stereocenters. The molecule has 0 aliphatic carbocycles. The number of carboxylic acids is 1. The number of halogens is 1. The molecule has 0 unspecified atom stereocenters. The second kappa shape index (κ2) is 7.79. The molecule has 5 nitrogen and oxygen atoms in total. The Morgan fingerprint density at radius 2 is 2.04 bits per heavy atom. The molecule has 6 heteroatoms. The number of hydrogen-bond donors (Lipinski definition) is 1. The minimum Gasteiger partial charge on any atom is -0.493 e. The smallest absolute Gasteiger partial charge is 0.346 e. The average Bonchev–Trinajstić information content (AvgIpc) is 2.59. The maximum absolute atomic E-state index is 13.6. The van der Waals surface area contributed by atoms with Gasteiger partial charge in [-0.2, -0.15) is 5.26 Å². The van der Waals surface area contributed by atoms with Crippen molar-refractivity contribution in [3.05, 3.63) is 65.0 Å². The summed E-state index contributed by atoms with van der Waals surface area (Å²) in [5.41, 5.74) is 0.488. The fourth-order valence-corrected chi connectivity index (χ4v) is 1.97. The van der Waals surface area contributed by atoms with Crippen LogP contribution in [-0.4, -0.2) is 18.2 Å². The molecule has 0 radical (unpaired) electrons. The van der Waals surface area contributed by atoms with Crippen LogP contribution in [0.2, 0.25) is 0 Å². The van der Waals surface area contributed by atoms with Gasteiger partial charge in [-0.3, -0.25) is 0 Å². The van der Waals surface area contributed by atoms with E-state index in [1.165, 1.54) is 25.3 Å². The summed E-state index contributed by atoms with van der Waals surface area (Å²) in [6.07, 6.45) is 1.23. The highest BCUT2D eigenvalue weighted by Crippen LogP contribution is 2.29. The van der Waals surface area contributed by atoms with E-state index in [2.05, 4.69) is 0 Å². The average molecular weight is 327 g/mol. The van der Waals surface area contributed by atoms with Gasteiger partial charge in [0, 0.05) is 5.56 Å². The molecule has 0 bridgehead atoms. The zero-order chi connectivity index (χ0) is 17.5. The zero-order valence-electron chi connectivity index (χ0n) is 12.8. The normalized spacial score (nSPS) is 10.8. The van der Waals surface area contributed by atoms with Crippen molar-refractivity contribution in [2.24, 2.45) is 0 Å². The molecule has 0 spiro atoms. The number of nitrogens with zero attached hydrogens (tertiary/aromatic N) is 1. The highest BCUT2D eigenvalue weighted by atomic mass is 19.1. The maximum Gasteiger partial charge on any atom is 0.346 e. The number of carboxylic acid groups (broad SMARTS) is 1. The lowest BCUT2D eigenvalue weighted by molar-refractivity contribution is -0.132. The molecule has 0 saturated heterocycles. The van der Waals surface area contributed by atoms with E-state index in [-0.39, 0.29) is 12.4 Å². The first kappa shape index (κ1) is 17.0. The van der Waals surface area contributed by atoms with Crippen molar-refractivity contribution in [3.63, 3.8) is 0 Å². The van der Waals surface area contributed by atoms with Crippen LogP contribution in [0, 0.1) is 17.1 Å². The van der Waals surface area contributed by atoms with E-state index in [1.807, 2.05) is 0 Å². The number of rotatable bonds is 6. The molecule has 0 aliphatic heterocycles. The number of carbonyl (C=O) groups is 1. The van der Waals surface area contributed by atoms with Crippen LogP contribution in [0.15, 0.2) is 48.0 Å². The fourth-order valence-electron chi connectivity index (χ4n) is 1.97. The SMILES string of the molecule is COc1cc(C=C(C#N)C(=O)O)ccc1OCc1ccccc1F. The minimum atomic E-state index is -1.31. The van der Waals surface area contributed by atoms with E-state index < -0.39 is 11.5 Å². The molecular formula is C18H14FNO4. The molecular weight excluding hydrogens is 313 g/mol. The van der Waals surface area contributed by atoms with Gasteiger partial charge >= 0.3 is 5.97 Å². The van der Waals surface area contributed by atoms with Crippen molar-refractivity contribution >= 4 is 12.0 Å². The van der Waals surface area contributed by atoms with Crippen LogP contribution in [0.4, 0.5) is 4.39 Å². The maximum atomic E-state index is 13.6. The predicted octanol–water partition coefficient (Wildman–Crippen LogP) is 3.40. The first-order valence-electron chi connectivity index (χ1n) is 6.94. The Labute approximate surface area is 138 Å². The lowest BCUT2D eigenvalue weighted by Gasteiger charge is -2.12. The summed E-state index contributed by atoms with van der Waals surface area (Å²) < 4.78 is 24.4. The molecule has 2 aromatic carbocycles. The summed E-state index contributed by atoms with van der Waals surface area (Å²) in [5.74, 6) is -0.943. The zero-order valence-corrected chi connectivity index (χ0v) is 12.8. The van der Waals surface area contributed by atoms with Gasteiger partial charge in [-0.15, -0.1) is 0 Å². The largest absolute Gasteiger partial charge is 0.493 e. The third-order valence-corrected chi connectivity index (χ3v) is 3.19. The molecule has 0 aromatic heterocycles. The van der Waals surface area contributed by atoms with E-state index in [4.69, 9.17) is 19.8 Å². The highest BCUT2D eigenvalue weighted by Gasteiger charge is 2.10. The third kappa shape index (κ3) is 4.11. The van der Waals surface area contributed by atoms with Crippen molar-refractivity contribution in [2.75, 3.05) is 7.11 Å². The van der Waals surface area contributed by atoms with Gasteiger partial charge in [0.05, 0.1) is 7.11 Å². The summed E-state index contributed by atoms with van der Waals surface area (Å²) in [4.78, 5) is 10.9. The summed E-state index contributed by atoms with van der Waals surface area (Å²) in [6, 6.07) is 12.6. The summed E-state index contributed by atoms with van der Waals surface area (Å²) in [5, 5.41) is 17.7. The van der Waals surface area contributed by atoms with E-state index in [0.29, 0.717) is 22.6 Å². The molecule has 122 valence electrons. The van der Waals surface area contributed by atoms with E-state index in [0.717, 1.165) is 0 Å². The molecule has 2 aromatic rings. The molecule has 2 rings (SSSR count). The summed E-state index contributed by atoms with van der Waals surface area (Å²) >= 11 is 0. The first-order valence-corrected chi connectivity index (χ1v) is 6.94. The van der Waals surface area contributed by atoms with Gasteiger partial charge in [-0.25, -0.2) is 9.18 Å². The molecule has 0 amide bonds. The molecule has 0 saturated carbocycles. The highest BCUT2D eigenvalue weighted by molar-refractivity contribution is 5.96. The first-order chi connectivity index (χ1) is 11.5. The van der Waals surface area contributed by atoms with Gasteiger partial charge < -0.3 is 14.6 Å². The Morgan fingerprint density at radius 1 is 1.29 bits per heavy atom. The molecule has 0 aliphatic rings. The number of nitriles is 1. The predicted molar refractivity (Wildman–Crippen MR) is 85.0 cm³/mol. The number of hydrogen-bond acceptors (Lipinski definition) is 4. The Balaban J connectivity index is 2.22. The van der Waals surface area contributed by atoms with Crippen LogP contribution in [0.1, 0.15) is 11.1 Å². The fraction of sp³-hybridized carbons (Fsp3) is 0.111. The Morgan fingerprint density at radius 3 is 2.67 bits per heavy atom. The van der Waals surface area contributed by atoms with E-state index in [9.17, 15) is 9.18 Å². The van der Waals surface area contributed by atoms with Crippen LogP contribution in [0.3, 0.4) is 0 Å². The van der Waals surface area contributed by atoms with E-state index in [1.54, 1.807) is 36.4 Å². The van der Waals surface area contributed by atoms with Gasteiger partial charge in [0.25, 0.3) is 0 Å². The topological polar surface area (TPSA) is 79.5 Å². The molecule has 0 fully saturated rings. The van der Waals surface area contributed by atoms with Crippen molar-refractivity contribution in [3.8, 4) is 17.6 Å².